The maximum absolute atomic E-state index is 12.9. The van der Waals surface area contributed by atoms with Crippen LogP contribution < -0.4 is 5.32 Å². The van der Waals surface area contributed by atoms with Gasteiger partial charge in [0.2, 0.25) is 5.91 Å². The lowest BCUT2D eigenvalue weighted by Crippen LogP contribution is -2.30. The number of nitrogens with zero attached hydrogens (tertiary/aromatic N) is 2. The van der Waals surface area contributed by atoms with Gasteiger partial charge in [0.1, 0.15) is 4.83 Å². The van der Waals surface area contributed by atoms with Crippen LogP contribution >= 0.6 is 11.3 Å². The SMILES string of the molecule is COCCNC(=O)c1sc2ncccc2c1C1CCN(C(=O)Cc2ccccc2)C1. The fourth-order valence-corrected chi connectivity index (χ4v) is 5.12. The Morgan fingerprint density at radius 2 is 2.07 bits per heavy atom. The predicted octanol–water partition coefficient (Wildman–Crippen LogP) is 3.23. The molecule has 1 saturated heterocycles. The van der Waals surface area contributed by atoms with E-state index in [0.717, 1.165) is 27.8 Å². The zero-order valence-corrected chi connectivity index (χ0v) is 17.8. The summed E-state index contributed by atoms with van der Waals surface area (Å²) in [6.45, 7) is 2.27. The molecule has 1 fully saturated rings. The summed E-state index contributed by atoms with van der Waals surface area (Å²) in [6.07, 6.45) is 3.00. The minimum atomic E-state index is -0.0980. The van der Waals surface area contributed by atoms with Crippen molar-refractivity contribution >= 4 is 33.4 Å². The molecular formula is C23H25N3O3S. The molecular weight excluding hydrogens is 398 g/mol. The average Bonchev–Trinajstić information content (AvgIpc) is 3.39. The third-order valence-electron chi connectivity index (χ3n) is 5.45. The minimum Gasteiger partial charge on any atom is -0.383 e. The summed E-state index contributed by atoms with van der Waals surface area (Å²) < 4.78 is 5.04. The second-order valence-electron chi connectivity index (χ2n) is 7.44. The van der Waals surface area contributed by atoms with Gasteiger partial charge in [0.15, 0.2) is 0 Å². The number of fused-ring (bicyclic) bond motifs is 1. The Hall–Kier alpha value is -2.77. The van der Waals surface area contributed by atoms with E-state index in [1.807, 2.05) is 47.4 Å². The van der Waals surface area contributed by atoms with Crippen molar-refractivity contribution < 1.29 is 14.3 Å². The molecule has 7 heteroatoms. The molecule has 1 unspecified atom stereocenters. The molecule has 0 saturated carbocycles. The molecule has 6 nitrogen and oxygen atoms in total. The lowest BCUT2D eigenvalue weighted by Gasteiger charge is -2.17. The number of rotatable bonds is 7. The number of carbonyl (C=O) groups excluding carboxylic acids is 2. The molecule has 1 aliphatic heterocycles. The van der Waals surface area contributed by atoms with Crippen LogP contribution in [-0.2, 0) is 16.0 Å². The van der Waals surface area contributed by atoms with E-state index in [1.165, 1.54) is 11.3 Å². The van der Waals surface area contributed by atoms with Crippen molar-refractivity contribution in [2.24, 2.45) is 0 Å². The van der Waals surface area contributed by atoms with Crippen LogP contribution in [0.2, 0.25) is 0 Å². The van der Waals surface area contributed by atoms with Crippen molar-refractivity contribution in [3.8, 4) is 0 Å². The number of ether oxygens (including phenoxy) is 1. The first-order valence-electron chi connectivity index (χ1n) is 10.1. The molecule has 4 rings (SSSR count). The predicted molar refractivity (Wildman–Crippen MR) is 118 cm³/mol. The molecule has 30 heavy (non-hydrogen) atoms. The number of thiophene rings is 1. The third kappa shape index (κ3) is 4.37. The standard InChI is InChI=1S/C23H25N3O3S/c1-29-13-11-24-22(28)21-20(18-8-5-10-25-23(18)30-21)17-9-12-26(15-17)19(27)14-16-6-3-2-4-7-16/h2-8,10,17H,9,11-15H2,1H3,(H,24,28). The highest BCUT2D eigenvalue weighted by molar-refractivity contribution is 7.20. The minimum absolute atomic E-state index is 0.0980. The normalized spacial score (nSPS) is 16.2. The van der Waals surface area contributed by atoms with Crippen molar-refractivity contribution in [3.05, 3.63) is 64.7 Å². The van der Waals surface area contributed by atoms with Crippen molar-refractivity contribution in [1.29, 1.82) is 0 Å². The Balaban J connectivity index is 1.54. The van der Waals surface area contributed by atoms with E-state index >= 15 is 0 Å². The van der Waals surface area contributed by atoms with Crippen LogP contribution in [0.25, 0.3) is 10.2 Å². The van der Waals surface area contributed by atoms with E-state index in [0.29, 0.717) is 37.5 Å². The molecule has 0 radical (unpaired) electrons. The number of likely N-dealkylation sites (tertiary alicyclic amines) is 1. The maximum Gasteiger partial charge on any atom is 0.261 e. The number of benzene rings is 1. The quantitative estimate of drug-likeness (QED) is 0.593. The molecule has 156 valence electrons. The van der Waals surface area contributed by atoms with Crippen LogP contribution in [0, 0.1) is 0 Å². The number of hydrogen-bond donors (Lipinski definition) is 1. The van der Waals surface area contributed by atoms with Gasteiger partial charge in [-0.15, -0.1) is 11.3 Å². The summed E-state index contributed by atoms with van der Waals surface area (Å²) in [4.78, 5) is 33.6. The van der Waals surface area contributed by atoms with Gasteiger partial charge < -0.3 is 15.0 Å². The number of methoxy groups -OCH3 is 1. The number of carbonyl (C=O) groups is 2. The molecule has 2 amide bonds. The van der Waals surface area contributed by atoms with Gasteiger partial charge >= 0.3 is 0 Å². The van der Waals surface area contributed by atoms with Crippen LogP contribution in [0.1, 0.15) is 33.1 Å². The second-order valence-corrected chi connectivity index (χ2v) is 8.44. The lowest BCUT2D eigenvalue weighted by atomic mass is 9.95. The van der Waals surface area contributed by atoms with E-state index in [1.54, 1.807) is 13.3 Å². The van der Waals surface area contributed by atoms with Crippen molar-refractivity contribution in [3.63, 3.8) is 0 Å². The summed E-state index contributed by atoms with van der Waals surface area (Å²) in [6, 6.07) is 13.7. The van der Waals surface area contributed by atoms with E-state index in [-0.39, 0.29) is 17.7 Å². The van der Waals surface area contributed by atoms with Gasteiger partial charge in [-0.2, -0.15) is 0 Å². The van der Waals surface area contributed by atoms with Gasteiger partial charge in [-0.25, -0.2) is 4.98 Å². The summed E-state index contributed by atoms with van der Waals surface area (Å²) in [7, 11) is 1.61. The first-order chi connectivity index (χ1) is 14.7. The highest BCUT2D eigenvalue weighted by Crippen LogP contribution is 2.39. The second kappa shape index (κ2) is 9.36. The van der Waals surface area contributed by atoms with Crippen LogP contribution in [0.3, 0.4) is 0 Å². The Labute approximate surface area is 179 Å². The highest BCUT2D eigenvalue weighted by Gasteiger charge is 2.32. The summed E-state index contributed by atoms with van der Waals surface area (Å²) in [5, 5.41) is 3.95. The zero-order valence-electron chi connectivity index (χ0n) is 17.0. The molecule has 0 spiro atoms. The number of aromatic nitrogens is 1. The van der Waals surface area contributed by atoms with Gasteiger partial charge in [-0.3, -0.25) is 9.59 Å². The first kappa shape index (κ1) is 20.5. The topological polar surface area (TPSA) is 71.5 Å². The zero-order chi connectivity index (χ0) is 20.9. The molecule has 1 N–H and O–H groups in total. The summed E-state index contributed by atoms with van der Waals surface area (Å²) in [5.74, 6) is 0.164. The first-order valence-corrected chi connectivity index (χ1v) is 10.9. The van der Waals surface area contributed by atoms with Crippen LogP contribution in [0.4, 0.5) is 0 Å². The fraction of sp³-hybridized carbons (Fsp3) is 0.348. The van der Waals surface area contributed by atoms with E-state index < -0.39 is 0 Å². The van der Waals surface area contributed by atoms with Crippen LogP contribution in [0.15, 0.2) is 48.7 Å². The smallest absolute Gasteiger partial charge is 0.261 e. The molecule has 2 aromatic heterocycles. The number of hydrogen-bond acceptors (Lipinski definition) is 5. The Morgan fingerprint density at radius 3 is 2.87 bits per heavy atom. The Morgan fingerprint density at radius 1 is 1.23 bits per heavy atom. The van der Waals surface area contributed by atoms with Gasteiger partial charge in [-0.1, -0.05) is 36.4 Å². The fourth-order valence-electron chi connectivity index (χ4n) is 3.98. The maximum atomic E-state index is 12.9. The van der Waals surface area contributed by atoms with Crippen molar-refractivity contribution in [2.75, 3.05) is 33.4 Å². The van der Waals surface area contributed by atoms with Crippen LogP contribution in [0.5, 0.6) is 0 Å². The monoisotopic (exact) mass is 423 g/mol. The Kier molecular flexibility index (Phi) is 6.40. The highest BCUT2D eigenvalue weighted by atomic mass is 32.1. The Bertz CT molecular complexity index is 1030. The summed E-state index contributed by atoms with van der Waals surface area (Å²) >= 11 is 1.42. The molecule has 1 atom stereocenters. The molecule has 3 aromatic rings. The average molecular weight is 424 g/mol. The van der Waals surface area contributed by atoms with Gasteiger partial charge in [0.25, 0.3) is 5.91 Å². The molecule has 1 aliphatic rings. The van der Waals surface area contributed by atoms with Gasteiger partial charge in [-0.05, 0) is 23.6 Å². The van der Waals surface area contributed by atoms with Crippen LogP contribution in [-0.4, -0.2) is 55.0 Å². The number of pyridine rings is 1. The lowest BCUT2D eigenvalue weighted by molar-refractivity contribution is -0.129. The molecule has 1 aromatic carbocycles. The van der Waals surface area contributed by atoms with Crippen molar-refractivity contribution in [1.82, 2.24) is 15.2 Å². The number of nitrogens with one attached hydrogen (secondary N) is 1. The van der Waals surface area contributed by atoms with Gasteiger partial charge in [0, 0.05) is 44.2 Å². The third-order valence-corrected chi connectivity index (χ3v) is 6.58. The van der Waals surface area contributed by atoms with E-state index in [9.17, 15) is 9.59 Å². The molecule has 0 aliphatic carbocycles. The van der Waals surface area contributed by atoms with E-state index in [4.69, 9.17) is 4.74 Å². The molecule has 3 heterocycles. The summed E-state index contributed by atoms with van der Waals surface area (Å²) in [5.41, 5.74) is 2.04. The van der Waals surface area contributed by atoms with E-state index in [2.05, 4.69) is 10.3 Å². The van der Waals surface area contributed by atoms with Gasteiger partial charge in [0.05, 0.1) is 17.9 Å². The number of amides is 2. The molecule has 0 bridgehead atoms. The largest absolute Gasteiger partial charge is 0.383 e. The van der Waals surface area contributed by atoms with Crippen molar-refractivity contribution in [2.45, 2.75) is 18.8 Å².